The maximum absolute atomic E-state index is 12.3. The van der Waals surface area contributed by atoms with Gasteiger partial charge in [-0.3, -0.25) is 0 Å². The van der Waals surface area contributed by atoms with E-state index in [0.717, 1.165) is 18.4 Å². The van der Waals surface area contributed by atoms with Crippen LogP contribution in [0.2, 0.25) is 5.02 Å². The number of ether oxygens (including phenoxy) is 1. The Morgan fingerprint density at radius 1 is 1.38 bits per heavy atom. The van der Waals surface area contributed by atoms with Crippen LogP contribution in [0.3, 0.4) is 0 Å². The molecule has 0 aromatic heterocycles. The van der Waals surface area contributed by atoms with Gasteiger partial charge in [-0.2, -0.15) is 0 Å². The average Bonchev–Trinajstić information content (AvgIpc) is 2.72. The Bertz CT molecular complexity index is 496. The monoisotopic (exact) mass is 310 g/mol. The van der Waals surface area contributed by atoms with E-state index in [2.05, 4.69) is 0 Å². The number of nitrogens with two attached hydrogens (primary N) is 1. The molecule has 2 N–H and O–H groups in total. The lowest BCUT2D eigenvalue weighted by atomic mass is 10.0. The van der Waals surface area contributed by atoms with Gasteiger partial charge in [-0.25, -0.2) is 4.79 Å². The highest BCUT2D eigenvalue weighted by molar-refractivity contribution is 6.30. The van der Waals surface area contributed by atoms with Gasteiger partial charge in [-0.1, -0.05) is 23.7 Å². The fourth-order valence-electron chi connectivity index (χ4n) is 2.55. The summed E-state index contributed by atoms with van der Waals surface area (Å²) < 4.78 is 5.47. The molecule has 0 bridgehead atoms. The number of amides is 1. The molecule has 1 amide bonds. The predicted octanol–water partition coefficient (Wildman–Crippen LogP) is 3.22. The van der Waals surface area contributed by atoms with Crippen LogP contribution in [0.1, 0.15) is 32.8 Å². The smallest absolute Gasteiger partial charge is 0.410 e. The van der Waals surface area contributed by atoms with Crippen LogP contribution in [-0.4, -0.2) is 35.2 Å². The van der Waals surface area contributed by atoms with Gasteiger partial charge in [0.1, 0.15) is 5.60 Å². The minimum atomic E-state index is -0.491. The van der Waals surface area contributed by atoms with Crippen LogP contribution >= 0.6 is 11.6 Å². The fraction of sp³-hybridized carbons (Fsp3) is 0.562. The second kappa shape index (κ2) is 6.24. The van der Waals surface area contributed by atoms with Gasteiger partial charge < -0.3 is 15.4 Å². The summed E-state index contributed by atoms with van der Waals surface area (Å²) in [5.74, 6) is 0. The Morgan fingerprint density at radius 2 is 2.00 bits per heavy atom. The number of carbonyl (C=O) groups is 1. The van der Waals surface area contributed by atoms with E-state index < -0.39 is 5.60 Å². The molecule has 21 heavy (non-hydrogen) atoms. The normalized spacial score (nSPS) is 22.4. The third-order valence-electron chi connectivity index (χ3n) is 3.58. The van der Waals surface area contributed by atoms with Gasteiger partial charge in [0.05, 0.1) is 6.04 Å². The van der Waals surface area contributed by atoms with Crippen molar-refractivity contribution in [2.75, 3.05) is 6.54 Å². The Labute approximate surface area is 131 Å². The second-order valence-electron chi connectivity index (χ2n) is 6.52. The van der Waals surface area contributed by atoms with Gasteiger partial charge in [0.15, 0.2) is 0 Å². The number of hydrogen-bond donors (Lipinski definition) is 1. The van der Waals surface area contributed by atoms with Crippen molar-refractivity contribution in [2.45, 2.75) is 51.3 Å². The van der Waals surface area contributed by atoms with Crippen molar-refractivity contribution >= 4 is 17.7 Å². The van der Waals surface area contributed by atoms with Crippen LogP contribution in [0.25, 0.3) is 0 Å². The summed E-state index contributed by atoms with van der Waals surface area (Å²) in [6.45, 7) is 6.26. The third kappa shape index (κ3) is 4.35. The summed E-state index contributed by atoms with van der Waals surface area (Å²) >= 11 is 5.90. The summed E-state index contributed by atoms with van der Waals surface area (Å²) in [7, 11) is 0. The highest BCUT2D eigenvalue weighted by Gasteiger charge is 2.37. The largest absolute Gasteiger partial charge is 0.444 e. The highest BCUT2D eigenvalue weighted by Crippen LogP contribution is 2.23. The van der Waals surface area contributed by atoms with Gasteiger partial charge in [0.2, 0.25) is 0 Å². The summed E-state index contributed by atoms with van der Waals surface area (Å²) in [6, 6.07) is 7.61. The molecule has 1 heterocycles. The van der Waals surface area contributed by atoms with Crippen molar-refractivity contribution in [1.29, 1.82) is 0 Å². The number of nitrogens with zero attached hydrogens (tertiary/aromatic N) is 1. The highest BCUT2D eigenvalue weighted by atomic mass is 35.5. The van der Waals surface area contributed by atoms with E-state index in [4.69, 9.17) is 22.1 Å². The van der Waals surface area contributed by atoms with Crippen LogP contribution in [-0.2, 0) is 11.2 Å². The molecule has 2 rings (SSSR count). The van der Waals surface area contributed by atoms with Crippen LogP contribution in [0, 0.1) is 0 Å². The first kappa shape index (κ1) is 16.1. The van der Waals surface area contributed by atoms with Crippen molar-refractivity contribution in [3.05, 3.63) is 34.9 Å². The third-order valence-corrected chi connectivity index (χ3v) is 3.84. The molecule has 5 heteroatoms. The van der Waals surface area contributed by atoms with Crippen molar-refractivity contribution in [3.8, 4) is 0 Å². The molecule has 1 fully saturated rings. The summed E-state index contributed by atoms with van der Waals surface area (Å²) in [5.41, 5.74) is 6.80. The van der Waals surface area contributed by atoms with Crippen molar-refractivity contribution in [1.82, 2.24) is 4.90 Å². The first-order chi connectivity index (χ1) is 9.76. The molecule has 1 saturated heterocycles. The summed E-state index contributed by atoms with van der Waals surface area (Å²) in [6.07, 6.45) is 1.24. The van der Waals surface area contributed by atoms with Crippen LogP contribution < -0.4 is 5.73 Å². The first-order valence-electron chi connectivity index (χ1n) is 7.26. The lowest BCUT2D eigenvalue weighted by molar-refractivity contribution is 0.0220. The number of halogens is 1. The number of rotatable bonds is 2. The van der Waals surface area contributed by atoms with Crippen molar-refractivity contribution in [2.24, 2.45) is 5.73 Å². The maximum atomic E-state index is 12.3. The quantitative estimate of drug-likeness (QED) is 0.912. The molecule has 4 nitrogen and oxygen atoms in total. The van der Waals surface area contributed by atoms with E-state index in [0.29, 0.717) is 11.6 Å². The van der Waals surface area contributed by atoms with E-state index in [1.165, 1.54) is 0 Å². The van der Waals surface area contributed by atoms with Crippen molar-refractivity contribution < 1.29 is 9.53 Å². The molecule has 116 valence electrons. The first-order valence-corrected chi connectivity index (χ1v) is 7.64. The summed E-state index contributed by atoms with van der Waals surface area (Å²) in [5, 5.41) is 0.707. The van der Waals surface area contributed by atoms with E-state index in [1.54, 1.807) is 4.90 Å². The minimum absolute atomic E-state index is 0.0202. The molecule has 2 atom stereocenters. The van der Waals surface area contributed by atoms with Gasteiger partial charge in [0.25, 0.3) is 0 Å². The minimum Gasteiger partial charge on any atom is -0.444 e. The lowest BCUT2D eigenvalue weighted by Crippen LogP contribution is -2.46. The standard InChI is InChI=1S/C16H23ClN2O2/c1-16(2,3)21-15(20)19-9-8-13(18)14(19)10-11-4-6-12(17)7-5-11/h4-7,13-14H,8-10,18H2,1-3H3/t13-,14?/m1/s1. The molecular weight excluding hydrogens is 288 g/mol. The average molecular weight is 311 g/mol. The molecule has 0 saturated carbocycles. The molecule has 1 aromatic rings. The topological polar surface area (TPSA) is 55.6 Å². The van der Waals surface area contributed by atoms with E-state index >= 15 is 0 Å². The maximum Gasteiger partial charge on any atom is 0.410 e. The Hall–Kier alpha value is -1.26. The summed E-state index contributed by atoms with van der Waals surface area (Å²) in [4.78, 5) is 14.0. The SMILES string of the molecule is CC(C)(C)OC(=O)N1CC[C@@H](N)C1Cc1ccc(Cl)cc1. The molecule has 1 unspecified atom stereocenters. The van der Waals surface area contributed by atoms with Crippen molar-refractivity contribution in [3.63, 3.8) is 0 Å². The molecular formula is C16H23ClN2O2. The Kier molecular flexibility index (Phi) is 4.79. The molecule has 1 aliphatic heterocycles. The molecule has 0 aliphatic carbocycles. The Morgan fingerprint density at radius 3 is 2.57 bits per heavy atom. The van der Waals surface area contributed by atoms with Crippen LogP contribution in [0.4, 0.5) is 4.79 Å². The van der Waals surface area contributed by atoms with Crippen LogP contribution in [0.5, 0.6) is 0 Å². The zero-order chi connectivity index (χ0) is 15.6. The van der Waals surface area contributed by atoms with Crippen LogP contribution in [0.15, 0.2) is 24.3 Å². The van der Waals surface area contributed by atoms with E-state index in [1.807, 2.05) is 45.0 Å². The van der Waals surface area contributed by atoms with E-state index in [9.17, 15) is 4.79 Å². The molecule has 1 aromatic carbocycles. The Balaban J connectivity index is 2.08. The second-order valence-corrected chi connectivity index (χ2v) is 6.96. The van der Waals surface area contributed by atoms with Gasteiger partial charge in [-0.05, 0) is 51.3 Å². The van der Waals surface area contributed by atoms with E-state index in [-0.39, 0.29) is 18.2 Å². The number of benzene rings is 1. The molecule has 0 radical (unpaired) electrons. The number of carbonyl (C=O) groups excluding carboxylic acids is 1. The molecule has 0 spiro atoms. The van der Waals surface area contributed by atoms with Gasteiger partial charge in [-0.15, -0.1) is 0 Å². The van der Waals surface area contributed by atoms with Gasteiger partial charge in [0, 0.05) is 17.6 Å². The predicted molar refractivity (Wildman–Crippen MR) is 84.5 cm³/mol. The lowest BCUT2D eigenvalue weighted by Gasteiger charge is -2.30. The fourth-order valence-corrected chi connectivity index (χ4v) is 2.67. The number of hydrogen-bond acceptors (Lipinski definition) is 3. The molecule has 1 aliphatic rings. The number of likely N-dealkylation sites (tertiary alicyclic amines) is 1. The zero-order valence-electron chi connectivity index (χ0n) is 12.8. The zero-order valence-corrected chi connectivity index (χ0v) is 13.6. The van der Waals surface area contributed by atoms with Gasteiger partial charge >= 0.3 is 6.09 Å².